The quantitative estimate of drug-likeness (QED) is 0.830. The zero-order chi connectivity index (χ0) is 13.4. The average Bonchev–Trinajstić information content (AvgIpc) is 3.00. The van der Waals surface area contributed by atoms with Gasteiger partial charge in [-0.1, -0.05) is 18.0 Å². The van der Waals surface area contributed by atoms with Crippen LogP contribution in [0.25, 0.3) is 0 Å². The molecule has 100 valence electrons. The third-order valence-corrected chi connectivity index (χ3v) is 5.18. The monoisotopic (exact) mass is 274 g/mol. The number of nitriles is 1. The first-order valence-corrected chi connectivity index (χ1v) is 7.46. The number of fused-ring (bicyclic) bond motifs is 2. The summed E-state index contributed by atoms with van der Waals surface area (Å²) in [6.07, 6.45) is 5.70. The normalized spacial score (nSPS) is 28.4. The number of hydrogen-bond donors (Lipinski definition) is 0. The van der Waals surface area contributed by atoms with Gasteiger partial charge in [-0.25, -0.2) is 0 Å². The van der Waals surface area contributed by atoms with Crippen molar-refractivity contribution in [2.45, 2.75) is 25.7 Å². The summed E-state index contributed by atoms with van der Waals surface area (Å²) in [4.78, 5) is 2.26. The molecule has 0 amide bonds. The summed E-state index contributed by atoms with van der Waals surface area (Å²) in [5.41, 5.74) is 1.67. The maximum atomic E-state index is 8.87. The van der Waals surface area contributed by atoms with Crippen LogP contribution in [0, 0.1) is 29.1 Å². The van der Waals surface area contributed by atoms with Crippen molar-refractivity contribution in [3.05, 3.63) is 28.8 Å². The van der Waals surface area contributed by atoms with Gasteiger partial charge in [-0.3, -0.25) is 0 Å². The zero-order valence-electron chi connectivity index (χ0n) is 11.3. The van der Waals surface area contributed by atoms with Crippen LogP contribution in [0.1, 0.15) is 31.2 Å². The van der Waals surface area contributed by atoms with E-state index in [2.05, 4.69) is 18.0 Å². The summed E-state index contributed by atoms with van der Waals surface area (Å²) in [5.74, 6) is 2.75. The summed E-state index contributed by atoms with van der Waals surface area (Å²) in [6, 6.07) is 7.70. The van der Waals surface area contributed by atoms with Crippen molar-refractivity contribution in [1.82, 2.24) is 0 Å². The van der Waals surface area contributed by atoms with Gasteiger partial charge in [0.2, 0.25) is 0 Å². The lowest BCUT2D eigenvalue weighted by molar-refractivity contribution is 0.337. The van der Waals surface area contributed by atoms with Crippen LogP contribution in [-0.2, 0) is 0 Å². The van der Waals surface area contributed by atoms with Crippen LogP contribution in [0.5, 0.6) is 0 Å². The van der Waals surface area contributed by atoms with E-state index in [-0.39, 0.29) is 0 Å². The summed E-state index contributed by atoms with van der Waals surface area (Å²) in [6.45, 7) is 1.09. The Labute approximate surface area is 120 Å². The molecule has 2 bridgehead atoms. The number of benzene rings is 1. The molecule has 0 aliphatic heterocycles. The molecule has 2 fully saturated rings. The maximum absolute atomic E-state index is 8.87. The number of halogens is 1. The van der Waals surface area contributed by atoms with Crippen LogP contribution in [0.3, 0.4) is 0 Å². The molecule has 0 saturated heterocycles. The number of hydrogen-bond acceptors (Lipinski definition) is 2. The average molecular weight is 275 g/mol. The van der Waals surface area contributed by atoms with Crippen LogP contribution >= 0.6 is 11.6 Å². The molecular formula is C16H19ClN2. The minimum Gasteiger partial charge on any atom is -0.373 e. The molecule has 1 aromatic rings. The Morgan fingerprint density at radius 1 is 1.37 bits per heavy atom. The molecule has 19 heavy (non-hydrogen) atoms. The smallest absolute Gasteiger partial charge is 0.0992 e. The molecule has 2 saturated carbocycles. The predicted molar refractivity (Wildman–Crippen MR) is 78.4 cm³/mol. The second-order valence-electron chi connectivity index (χ2n) is 6.09. The van der Waals surface area contributed by atoms with Crippen molar-refractivity contribution >= 4 is 17.3 Å². The number of anilines is 1. The Morgan fingerprint density at radius 2 is 2.21 bits per heavy atom. The van der Waals surface area contributed by atoms with Gasteiger partial charge in [0.1, 0.15) is 0 Å². The first kappa shape index (κ1) is 12.8. The molecule has 0 radical (unpaired) electrons. The Morgan fingerprint density at radius 3 is 2.79 bits per heavy atom. The molecule has 2 aliphatic rings. The van der Waals surface area contributed by atoms with Crippen molar-refractivity contribution in [3.8, 4) is 6.07 Å². The van der Waals surface area contributed by atoms with Gasteiger partial charge in [0.15, 0.2) is 0 Å². The van der Waals surface area contributed by atoms with Crippen molar-refractivity contribution in [1.29, 1.82) is 5.26 Å². The maximum Gasteiger partial charge on any atom is 0.0992 e. The van der Waals surface area contributed by atoms with E-state index in [1.807, 2.05) is 12.1 Å². The number of rotatable bonds is 3. The van der Waals surface area contributed by atoms with Gasteiger partial charge in [0.25, 0.3) is 0 Å². The first-order chi connectivity index (χ1) is 9.17. The van der Waals surface area contributed by atoms with Gasteiger partial charge >= 0.3 is 0 Å². The highest BCUT2D eigenvalue weighted by molar-refractivity contribution is 6.33. The van der Waals surface area contributed by atoms with E-state index in [1.54, 1.807) is 6.07 Å². The van der Waals surface area contributed by atoms with Crippen LogP contribution < -0.4 is 4.90 Å². The lowest BCUT2D eigenvalue weighted by Crippen LogP contribution is -2.28. The van der Waals surface area contributed by atoms with Gasteiger partial charge < -0.3 is 4.90 Å². The van der Waals surface area contributed by atoms with Crippen LogP contribution in [-0.4, -0.2) is 13.6 Å². The largest absolute Gasteiger partial charge is 0.373 e. The Hall–Kier alpha value is -1.20. The lowest BCUT2D eigenvalue weighted by atomic mass is 9.88. The summed E-state index contributed by atoms with van der Waals surface area (Å²) in [7, 11) is 2.11. The highest BCUT2D eigenvalue weighted by atomic mass is 35.5. The van der Waals surface area contributed by atoms with E-state index in [0.29, 0.717) is 10.6 Å². The second kappa shape index (κ2) is 5.06. The highest BCUT2D eigenvalue weighted by Crippen LogP contribution is 2.48. The Bertz CT molecular complexity index is 520. The molecular weight excluding hydrogens is 256 g/mol. The number of nitrogens with zero attached hydrogens (tertiary/aromatic N) is 2. The molecule has 1 aromatic carbocycles. The fourth-order valence-corrected chi connectivity index (χ4v) is 4.26. The lowest BCUT2D eigenvalue weighted by Gasteiger charge is -2.29. The van der Waals surface area contributed by atoms with Gasteiger partial charge in [-0.15, -0.1) is 0 Å². The molecule has 0 N–H and O–H groups in total. The summed E-state index contributed by atoms with van der Waals surface area (Å²) < 4.78 is 0. The van der Waals surface area contributed by atoms with E-state index in [9.17, 15) is 0 Å². The molecule has 0 aromatic heterocycles. The van der Waals surface area contributed by atoms with Crippen LogP contribution in [0.15, 0.2) is 18.2 Å². The SMILES string of the molecule is CN(CC1CC2CCC1C2)c1ccc(C#N)cc1Cl. The van der Waals surface area contributed by atoms with E-state index in [1.165, 1.54) is 25.7 Å². The summed E-state index contributed by atoms with van der Waals surface area (Å²) >= 11 is 6.27. The van der Waals surface area contributed by atoms with Crippen molar-refractivity contribution in [3.63, 3.8) is 0 Å². The van der Waals surface area contributed by atoms with E-state index in [4.69, 9.17) is 16.9 Å². The Kier molecular flexibility index (Phi) is 3.41. The third kappa shape index (κ3) is 2.44. The minimum absolute atomic E-state index is 0.627. The fraction of sp³-hybridized carbons (Fsp3) is 0.562. The minimum atomic E-state index is 0.627. The highest BCUT2D eigenvalue weighted by Gasteiger charge is 2.39. The van der Waals surface area contributed by atoms with E-state index >= 15 is 0 Å². The fourth-order valence-electron chi connectivity index (χ4n) is 3.94. The van der Waals surface area contributed by atoms with Gasteiger partial charge in [-0.2, -0.15) is 5.26 Å². The van der Waals surface area contributed by atoms with Gasteiger partial charge in [0.05, 0.1) is 22.3 Å². The topological polar surface area (TPSA) is 27.0 Å². The molecule has 3 atom stereocenters. The Balaban J connectivity index is 1.70. The predicted octanol–water partition coefficient (Wildman–Crippen LogP) is 4.08. The molecule has 3 unspecified atom stereocenters. The van der Waals surface area contributed by atoms with Crippen molar-refractivity contribution in [2.24, 2.45) is 17.8 Å². The summed E-state index contributed by atoms with van der Waals surface area (Å²) in [5, 5.41) is 9.56. The van der Waals surface area contributed by atoms with Crippen LogP contribution in [0.2, 0.25) is 5.02 Å². The molecule has 0 heterocycles. The zero-order valence-corrected chi connectivity index (χ0v) is 12.0. The molecule has 3 rings (SSSR count). The van der Waals surface area contributed by atoms with E-state index < -0.39 is 0 Å². The first-order valence-electron chi connectivity index (χ1n) is 7.08. The van der Waals surface area contributed by atoms with Gasteiger partial charge in [-0.05, 0) is 55.2 Å². The van der Waals surface area contributed by atoms with Gasteiger partial charge in [0, 0.05) is 13.6 Å². The molecule has 3 heteroatoms. The third-order valence-electron chi connectivity index (χ3n) is 4.88. The van der Waals surface area contributed by atoms with E-state index in [0.717, 1.165) is 30.0 Å². The van der Waals surface area contributed by atoms with Crippen molar-refractivity contribution < 1.29 is 0 Å². The second-order valence-corrected chi connectivity index (χ2v) is 6.50. The standard InChI is InChI=1S/C16H19ClN2/c1-19(10-14-7-11-2-4-13(14)6-11)16-5-3-12(9-18)8-15(16)17/h3,5,8,11,13-14H,2,4,6-7,10H2,1H3. The van der Waals surface area contributed by atoms with Crippen LogP contribution in [0.4, 0.5) is 5.69 Å². The molecule has 2 nitrogen and oxygen atoms in total. The van der Waals surface area contributed by atoms with Crippen molar-refractivity contribution in [2.75, 3.05) is 18.5 Å². The molecule has 2 aliphatic carbocycles. The molecule has 0 spiro atoms.